The van der Waals surface area contributed by atoms with Gasteiger partial charge in [0.2, 0.25) is 0 Å². The molecule has 0 spiro atoms. The summed E-state index contributed by atoms with van der Waals surface area (Å²) in [7, 11) is 0. The molecule has 1 heterocycles. The van der Waals surface area contributed by atoms with Crippen LogP contribution in [-0.2, 0) is 4.79 Å². The molecule has 2 heteroatoms. The Morgan fingerprint density at radius 1 is 1.55 bits per heavy atom. The fourth-order valence-electron chi connectivity index (χ4n) is 1.67. The first kappa shape index (κ1) is 8.72. The lowest BCUT2D eigenvalue weighted by Crippen LogP contribution is -2.22. The molecule has 0 aliphatic carbocycles. The summed E-state index contributed by atoms with van der Waals surface area (Å²) in [5.41, 5.74) is 0. The maximum Gasteiger partial charge on any atom is 0.137 e. The standard InChI is InChI=1S/C9H17NO/c1-3-9(11)8-5-6-10(4-2)7-8/h8H,3-7H2,1-2H3. The van der Waals surface area contributed by atoms with Crippen molar-refractivity contribution in [2.45, 2.75) is 26.7 Å². The second-order valence-corrected chi connectivity index (χ2v) is 3.20. The molecule has 1 atom stereocenters. The van der Waals surface area contributed by atoms with Gasteiger partial charge in [-0.05, 0) is 19.5 Å². The van der Waals surface area contributed by atoms with E-state index in [2.05, 4.69) is 11.8 Å². The van der Waals surface area contributed by atoms with Crippen LogP contribution in [-0.4, -0.2) is 30.3 Å². The molecule has 1 aliphatic rings. The van der Waals surface area contributed by atoms with E-state index in [1.807, 2.05) is 6.92 Å². The van der Waals surface area contributed by atoms with Crippen LogP contribution in [0.15, 0.2) is 0 Å². The Balaban J connectivity index is 2.35. The minimum atomic E-state index is 0.347. The average molecular weight is 155 g/mol. The van der Waals surface area contributed by atoms with Crippen LogP contribution in [0.2, 0.25) is 0 Å². The van der Waals surface area contributed by atoms with Crippen molar-refractivity contribution in [2.24, 2.45) is 5.92 Å². The van der Waals surface area contributed by atoms with Gasteiger partial charge < -0.3 is 4.90 Å². The van der Waals surface area contributed by atoms with Crippen molar-refractivity contribution >= 4 is 5.78 Å². The molecular weight excluding hydrogens is 138 g/mol. The molecule has 2 nitrogen and oxygen atoms in total. The summed E-state index contributed by atoms with van der Waals surface area (Å²) in [5, 5.41) is 0. The zero-order valence-electron chi connectivity index (χ0n) is 7.47. The second kappa shape index (κ2) is 3.86. The van der Waals surface area contributed by atoms with E-state index in [0.29, 0.717) is 18.1 Å². The minimum absolute atomic E-state index is 0.347. The highest BCUT2D eigenvalue weighted by Crippen LogP contribution is 2.17. The van der Waals surface area contributed by atoms with Crippen molar-refractivity contribution in [3.63, 3.8) is 0 Å². The van der Waals surface area contributed by atoms with Gasteiger partial charge in [0.05, 0.1) is 0 Å². The molecule has 0 saturated carbocycles. The Morgan fingerprint density at radius 2 is 2.27 bits per heavy atom. The van der Waals surface area contributed by atoms with Gasteiger partial charge >= 0.3 is 0 Å². The van der Waals surface area contributed by atoms with Crippen LogP contribution >= 0.6 is 0 Å². The van der Waals surface area contributed by atoms with E-state index >= 15 is 0 Å². The van der Waals surface area contributed by atoms with Gasteiger partial charge in [-0.3, -0.25) is 4.79 Å². The molecule has 11 heavy (non-hydrogen) atoms. The monoisotopic (exact) mass is 155 g/mol. The minimum Gasteiger partial charge on any atom is -0.303 e. The third-order valence-corrected chi connectivity index (χ3v) is 2.52. The summed E-state index contributed by atoms with van der Waals surface area (Å²) in [6, 6.07) is 0. The fourth-order valence-corrected chi connectivity index (χ4v) is 1.67. The normalized spacial score (nSPS) is 25.8. The molecule has 0 aromatic carbocycles. The summed E-state index contributed by atoms with van der Waals surface area (Å²) >= 11 is 0. The lowest BCUT2D eigenvalue weighted by Gasteiger charge is -2.11. The number of carbonyl (C=O) groups excluding carboxylic acids is 1. The molecule has 0 N–H and O–H groups in total. The Morgan fingerprint density at radius 3 is 2.73 bits per heavy atom. The third-order valence-electron chi connectivity index (χ3n) is 2.52. The molecule has 64 valence electrons. The number of Topliss-reactive ketones (excluding diaryl/α,β-unsaturated/α-hetero) is 1. The van der Waals surface area contributed by atoms with Gasteiger partial charge in [-0.25, -0.2) is 0 Å². The van der Waals surface area contributed by atoms with Crippen molar-refractivity contribution in [3.8, 4) is 0 Å². The number of hydrogen-bond donors (Lipinski definition) is 0. The molecule has 0 amide bonds. The third kappa shape index (κ3) is 2.03. The summed E-state index contributed by atoms with van der Waals surface area (Å²) in [5.74, 6) is 0.793. The van der Waals surface area contributed by atoms with Crippen molar-refractivity contribution < 1.29 is 4.79 Å². The maximum atomic E-state index is 11.2. The number of ketones is 1. The van der Waals surface area contributed by atoms with Gasteiger partial charge in [0.15, 0.2) is 0 Å². The average Bonchev–Trinajstić information content (AvgIpc) is 2.50. The molecule has 1 rings (SSSR count). The van der Waals surface area contributed by atoms with Gasteiger partial charge in [0.1, 0.15) is 5.78 Å². The zero-order valence-corrected chi connectivity index (χ0v) is 7.47. The smallest absolute Gasteiger partial charge is 0.137 e. The summed E-state index contributed by atoms with van der Waals surface area (Å²) < 4.78 is 0. The van der Waals surface area contributed by atoms with Gasteiger partial charge in [-0.15, -0.1) is 0 Å². The fraction of sp³-hybridized carbons (Fsp3) is 0.889. The van der Waals surface area contributed by atoms with Crippen molar-refractivity contribution in [2.75, 3.05) is 19.6 Å². The van der Waals surface area contributed by atoms with Gasteiger partial charge in [0.25, 0.3) is 0 Å². The number of hydrogen-bond acceptors (Lipinski definition) is 2. The topological polar surface area (TPSA) is 20.3 Å². The SMILES string of the molecule is CCC(=O)C1CCN(CC)C1. The highest BCUT2D eigenvalue weighted by molar-refractivity contribution is 5.81. The van der Waals surface area contributed by atoms with Crippen LogP contribution in [0.4, 0.5) is 0 Å². The molecule has 0 bridgehead atoms. The van der Waals surface area contributed by atoms with Crippen LogP contribution in [0.5, 0.6) is 0 Å². The van der Waals surface area contributed by atoms with Crippen LogP contribution in [0.3, 0.4) is 0 Å². The van der Waals surface area contributed by atoms with Crippen LogP contribution < -0.4 is 0 Å². The second-order valence-electron chi connectivity index (χ2n) is 3.20. The molecular formula is C9H17NO. The molecule has 0 aromatic rings. The van der Waals surface area contributed by atoms with Crippen LogP contribution in [0.1, 0.15) is 26.7 Å². The largest absolute Gasteiger partial charge is 0.303 e. The zero-order chi connectivity index (χ0) is 8.27. The quantitative estimate of drug-likeness (QED) is 0.612. The predicted molar refractivity (Wildman–Crippen MR) is 45.5 cm³/mol. The van der Waals surface area contributed by atoms with Crippen molar-refractivity contribution in [3.05, 3.63) is 0 Å². The van der Waals surface area contributed by atoms with Crippen molar-refractivity contribution in [1.29, 1.82) is 0 Å². The Hall–Kier alpha value is -0.370. The van der Waals surface area contributed by atoms with Crippen molar-refractivity contribution in [1.82, 2.24) is 4.90 Å². The Kier molecular flexibility index (Phi) is 3.06. The first-order valence-corrected chi connectivity index (χ1v) is 4.53. The molecule has 1 fully saturated rings. The molecule has 1 saturated heterocycles. The molecule has 1 unspecified atom stereocenters. The number of likely N-dealkylation sites (tertiary alicyclic amines) is 1. The van der Waals surface area contributed by atoms with Crippen LogP contribution in [0, 0.1) is 5.92 Å². The molecule has 0 aromatic heterocycles. The van der Waals surface area contributed by atoms with Gasteiger partial charge in [-0.1, -0.05) is 13.8 Å². The summed E-state index contributed by atoms with van der Waals surface area (Å²) in [4.78, 5) is 13.6. The number of rotatable bonds is 3. The summed E-state index contributed by atoms with van der Waals surface area (Å²) in [6.07, 6.45) is 1.79. The van der Waals surface area contributed by atoms with Gasteiger partial charge in [-0.2, -0.15) is 0 Å². The van der Waals surface area contributed by atoms with E-state index in [9.17, 15) is 4.79 Å². The van der Waals surface area contributed by atoms with Crippen LogP contribution in [0.25, 0.3) is 0 Å². The summed E-state index contributed by atoms with van der Waals surface area (Å²) in [6.45, 7) is 7.32. The van der Waals surface area contributed by atoms with E-state index < -0.39 is 0 Å². The van der Waals surface area contributed by atoms with E-state index in [0.717, 1.165) is 26.1 Å². The first-order valence-electron chi connectivity index (χ1n) is 4.53. The Bertz CT molecular complexity index is 144. The van der Waals surface area contributed by atoms with E-state index in [1.165, 1.54) is 0 Å². The van der Waals surface area contributed by atoms with Gasteiger partial charge in [0, 0.05) is 18.9 Å². The predicted octanol–water partition coefficient (Wildman–Crippen LogP) is 1.31. The lowest BCUT2D eigenvalue weighted by molar-refractivity contribution is -0.122. The first-order chi connectivity index (χ1) is 5.27. The molecule has 1 aliphatic heterocycles. The molecule has 0 radical (unpaired) electrons. The van der Waals surface area contributed by atoms with E-state index in [1.54, 1.807) is 0 Å². The van der Waals surface area contributed by atoms with E-state index in [-0.39, 0.29) is 0 Å². The number of carbonyl (C=O) groups is 1. The lowest BCUT2D eigenvalue weighted by atomic mass is 10.0. The highest BCUT2D eigenvalue weighted by Gasteiger charge is 2.25. The highest BCUT2D eigenvalue weighted by atomic mass is 16.1. The van der Waals surface area contributed by atoms with E-state index in [4.69, 9.17) is 0 Å². The number of nitrogens with zero attached hydrogens (tertiary/aromatic N) is 1. The Labute approximate surface area is 68.6 Å². The maximum absolute atomic E-state index is 11.2.